The van der Waals surface area contributed by atoms with Gasteiger partial charge in [0, 0.05) is 0 Å². The number of benzene rings is 1. The molecule has 0 bridgehead atoms. The number of aliphatic hydroxyl groups is 1. The molecule has 2 aromatic rings. The number of nitrogens with one attached hydrogen (secondary N) is 1. The van der Waals surface area contributed by atoms with Crippen LogP contribution in [0.25, 0.3) is 0 Å². The maximum atomic E-state index is 14.1. The van der Waals surface area contributed by atoms with E-state index in [-0.39, 0.29) is 41.8 Å². The van der Waals surface area contributed by atoms with E-state index in [1.54, 1.807) is 0 Å². The second-order valence-electron chi connectivity index (χ2n) is 7.36. The first-order valence-electron chi connectivity index (χ1n) is 9.27. The van der Waals surface area contributed by atoms with Gasteiger partial charge >= 0.3 is 6.18 Å². The minimum atomic E-state index is -4.75. The molecule has 1 atom stereocenters. The lowest BCUT2D eigenvalue weighted by molar-refractivity contribution is -0.141. The van der Waals surface area contributed by atoms with Gasteiger partial charge in [-0.1, -0.05) is 35.3 Å². The Kier molecular flexibility index (Phi) is 6.78. The van der Waals surface area contributed by atoms with Crippen LogP contribution >= 0.6 is 23.2 Å². The van der Waals surface area contributed by atoms with Crippen molar-refractivity contribution in [3.63, 3.8) is 0 Å². The molecule has 1 fully saturated rings. The van der Waals surface area contributed by atoms with E-state index in [1.165, 1.54) is 12.1 Å². The molecule has 1 unspecified atom stereocenters. The largest absolute Gasteiger partial charge is 0.433 e. The van der Waals surface area contributed by atoms with E-state index in [1.807, 2.05) is 0 Å². The fraction of sp³-hybridized carbons (Fsp3) is 0.400. The van der Waals surface area contributed by atoms with Crippen molar-refractivity contribution < 1.29 is 31.9 Å². The zero-order valence-corrected chi connectivity index (χ0v) is 17.3. The van der Waals surface area contributed by atoms with Crippen LogP contribution < -0.4 is 5.32 Å². The van der Waals surface area contributed by atoms with E-state index in [2.05, 4.69) is 10.3 Å². The second kappa shape index (κ2) is 8.88. The van der Waals surface area contributed by atoms with Crippen molar-refractivity contribution in [3.8, 4) is 0 Å². The Balaban J connectivity index is 1.97. The van der Waals surface area contributed by atoms with Crippen LogP contribution in [-0.2, 0) is 6.18 Å². The molecule has 0 saturated heterocycles. The van der Waals surface area contributed by atoms with Crippen LogP contribution in [0.4, 0.5) is 22.0 Å². The maximum Gasteiger partial charge on any atom is 0.433 e. The average Bonchev–Trinajstić information content (AvgIpc) is 2.70. The number of halogens is 7. The summed E-state index contributed by atoms with van der Waals surface area (Å²) in [6, 6.07) is 3.97. The van der Waals surface area contributed by atoms with Crippen molar-refractivity contribution in [2.24, 2.45) is 0 Å². The van der Waals surface area contributed by atoms with Crippen LogP contribution in [0.15, 0.2) is 30.3 Å². The Morgan fingerprint density at radius 2 is 1.84 bits per heavy atom. The Hall–Kier alpha value is -1.97. The third-order valence-electron chi connectivity index (χ3n) is 5.27. The van der Waals surface area contributed by atoms with Gasteiger partial charge in [-0.05, 0) is 49.4 Å². The van der Waals surface area contributed by atoms with Crippen LogP contribution in [0.2, 0.25) is 10.2 Å². The lowest BCUT2D eigenvalue weighted by Crippen LogP contribution is -2.48. The monoisotopic (exact) mass is 482 g/mol. The van der Waals surface area contributed by atoms with Crippen LogP contribution in [0, 0.1) is 5.82 Å². The van der Waals surface area contributed by atoms with Crippen molar-refractivity contribution in [2.75, 3.05) is 0 Å². The number of amides is 1. The molecule has 31 heavy (non-hydrogen) atoms. The van der Waals surface area contributed by atoms with E-state index in [0.717, 1.165) is 12.1 Å². The highest BCUT2D eigenvalue weighted by molar-refractivity contribution is 6.33. The minimum Gasteiger partial charge on any atom is -0.387 e. The number of rotatable bonds is 4. The summed E-state index contributed by atoms with van der Waals surface area (Å²) < 4.78 is 66.1. The van der Waals surface area contributed by atoms with E-state index in [0.29, 0.717) is 6.07 Å². The molecule has 3 rings (SSSR count). The molecule has 2 N–H and O–H groups in total. The summed E-state index contributed by atoms with van der Waals surface area (Å²) in [6.07, 6.45) is -5.96. The first kappa shape index (κ1) is 23.7. The summed E-state index contributed by atoms with van der Waals surface area (Å²) in [7, 11) is 0. The van der Waals surface area contributed by atoms with Crippen LogP contribution in [-0.4, -0.2) is 27.8 Å². The highest BCUT2D eigenvalue weighted by atomic mass is 35.5. The molecule has 168 valence electrons. The van der Waals surface area contributed by atoms with Crippen molar-refractivity contribution >= 4 is 29.1 Å². The summed E-state index contributed by atoms with van der Waals surface area (Å²) in [5, 5.41) is 12.6. The molecule has 1 saturated carbocycles. The molecular weight excluding hydrogens is 466 g/mol. The molecule has 1 aromatic carbocycles. The highest BCUT2D eigenvalue weighted by Gasteiger charge is 2.43. The van der Waals surface area contributed by atoms with Crippen LogP contribution in [0.5, 0.6) is 0 Å². The Morgan fingerprint density at radius 1 is 1.19 bits per heavy atom. The number of pyridine rings is 1. The number of alkyl halides is 4. The number of hydrogen-bond acceptors (Lipinski definition) is 3. The van der Waals surface area contributed by atoms with Gasteiger partial charge in [-0.3, -0.25) is 4.79 Å². The number of aromatic nitrogens is 1. The SMILES string of the molecule is O=C(NC(c1cccc(F)c1Cl)C1(O)CCC(F)CC1)c1ccc(C(F)(F)F)nc1Cl. The molecule has 1 amide bonds. The van der Waals surface area contributed by atoms with Gasteiger partial charge in [0.25, 0.3) is 5.91 Å². The van der Waals surface area contributed by atoms with E-state index >= 15 is 0 Å². The van der Waals surface area contributed by atoms with Gasteiger partial charge in [-0.25, -0.2) is 13.8 Å². The van der Waals surface area contributed by atoms with E-state index < -0.39 is 46.6 Å². The first-order chi connectivity index (χ1) is 14.4. The lowest BCUT2D eigenvalue weighted by Gasteiger charge is -2.41. The van der Waals surface area contributed by atoms with Crippen molar-refractivity contribution in [1.82, 2.24) is 10.3 Å². The number of carbonyl (C=O) groups excluding carboxylic acids is 1. The Bertz CT molecular complexity index is 979. The van der Waals surface area contributed by atoms with Gasteiger partial charge in [-0.15, -0.1) is 0 Å². The number of hydrogen-bond donors (Lipinski definition) is 2. The molecular formula is C20H17Cl2F5N2O2. The molecule has 0 radical (unpaired) electrons. The molecule has 4 nitrogen and oxygen atoms in total. The third kappa shape index (κ3) is 5.10. The van der Waals surface area contributed by atoms with Crippen LogP contribution in [0.3, 0.4) is 0 Å². The van der Waals surface area contributed by atoms with Gasteiger partial charge in [0.15, 0.2) is 0 Å². The summed E-state index contributed by atoms with van der Waals surface area (Å²) in [5.41, 5.74) is -3.28. The summed E-state index contributed by atoms with van der Waals surface area (Å²) >= 11 is 11.8. The normalized spacial score (nSPS) is 22.8. The third-order valence-corrected chi connectivity index (χ3v) is 5.96. The van der Waals surface area contributed by atoms with Crippen molar-refractivity contribution in [3.05, 3.63) is 63.1 Å². The lowest BCUT2D eigenvalue weighted by atomic mass is 9.76. The van der Waals surface area contributed by atoms with E-state index in [4.69, 9.17) is 23.2 Å². The summed E-state index contributed by atoms with van der Waals surface area (Å²) in [4.78, 5) is 16.0. The van der Waals surface area contributed by atoms with Gasteiger partial charge in [-0.2, -0.15) is 13.2 Å². The molecule has 1 heterocycles. The molecule has 1 aromatic heterocycles. The van der Waals surface area contributed by atoms with E-state index in [9.17, 15) is 31.9 Å². The predicted octanol–water partition coefficient (Wildman–Crippen LogP) is 5.66. The zero-order chi connectivity index (χ0) is 23.0. The molecule has 0 aliphatic heterocycles. The molecule has 1 aliphatic carbocycles. The van der Waals surface area contributed by atoms with Gasteiger partial charge in [0.05, 0.1) is 22.2 Å². The summed E-state index contributed by atoms with van der Waals surface area (Å²) in [5.74, 6) is -1.75. The quantitative estimate of drug-likeness (QED) is 0.436. The van der Waals surface area contributed by atoms with Gasteiger partial charge in [0.1, 0.15) is 22.8 Å². The van der Waals surface area contributed by atoms with Crippen molar-refractivity contribution in [2.45, 2.75) is 49.7 Å². The number of nitrogens with zero attached hydrogens (tertiary/aromatic N) is 1. The van der Waals surface area contributed by atoms with Gasteiger partial charge in [0.2, 0.25) is 0 Å². The second-order valence-corrected chi connectivity index (χ2v) is 8.10. The fourth-order valence-corrected chi connectivity index (χ4v) is 4.06. The van der Waals surface area contributed by atoms with Crippen LogP contribution in [0.1, 0.15) is 53.3 Å². The van der Waals surface area contributed by atoms with Crippen molar-refractivity contribution in [1.29, 1.82) is 0 Å². The molecule has 1 aliphatic rings. The number of carbonyl (C=O) groups is 1. The highest BCUT2D eigenvalue weighted by Crippen LogP contribution is 2.42. The predicted molar refractivity (Wildman–Crippen MR) is 104 cm³/mol. The first-order valence-corrected chi connectivity index (χ1v) is 10.0. The topological polar surface area (TPSA) is 62.2 Å². The maximum absolute atomic E-state index is 14.1. The zero-order valence-electron chi connectivity index (χ0n) is 15.8. The standard InChI is InChI=1S/C20H17Cl2F5N2O2/c21-15-11(2-1-3-13(15)24)16(19(31)8-6-10(23)7-9-19)29-18(30)12-4-5-14(20(25,26)27)28-17(12)22/h1-5,10,16,31H,6-9H2,(H,29,30). The Morgan fingerprint density at radius 3 is 2.42 bits per heavy atom. The average molecular weight is 483 g/mol. The fourth-order valence-electron chi connectivity index (χ4n) is 3.59. The summed E-state index contributed by atoms with van der Waals surface area (Å²) in [6.45, 7) is 0. The minimum absolute atomic E-state index is 0.0123. The van der Waals surface area contributed by atoms with Gasteiger partial charge < -0.3 is 10.4 Å². The molecule has 0 spiro atoms. The smallest absolute Gasteiger partial charge is 0.387 e. The molecule has 11 heteroatoms. The Labute approximate surface area is 184 Å².